The summed E-state index contributed by atoms with van der Waals surface area (Å²) in [5.74, 6) is 0.559. The molecule has 1 atom stereocenters. The first kappa shape index (κ1) is 19.5. The van der Waals surface area contributed by atoms with Crippen molar-refractivity contribution in [2.45, 2.75) is 44.6 Å². The van der Waals surface area contributed by atoms with E-state index in [0.717, 1.165) is 83.4 Å². The number of rotatable bonds is 3. The van der Waals surface area contributed by atoms with Crippen LogP contribution in [0.5, 0.6) is 0 Å². The number of carbonyl (C=O) groups is 2. The van der Waals surface area contributed by atoms with E-state index in [9.17, 15) is 9.59 Å². The smallest absolute Gasteiger partial charge is 0.274 e. The summed E-state index contributed by atoms with van der Waals surface area (Å²) in [6.07, 6.45) is 10.1. The van der Waals surface area contributed by atoms with Gasteiger partial charge in [-0.1, -0.05) is 6.07 Å². The number of amides is 2. The molecule has 0 radical (unpaired) electrons. The fourth-order valence-corrected chi connectivity index (χ4v) is 5.37. The van der Waals surface area contributed by atoms with Crippen LogP contribution in [0.25, 0.3) is 5.65 Å². The van der Waals surface area contributed by atoms with Crippen molar-refractivity contribution >= 4 is 17.5 Å². The van der Waals surface area contributed by atoms with Crippen LogP contribution in [0, 0.1) is 5.92 Å². The zero-order chi connectivity index (χ0) is 20.5. The minimum Gasteiger partial charge on any atom is -0.342 e. The topological polar surface area (TPSA) is 61.2 Å². The largest absolute Gasteiger partial charge is 0.342 e. The van der Waals surface area contributed by atoms with Crippen molar-refractivity contribution in [1.82, 2.24) is 24.1 Å². The molecule has 5 rings (SSSR count). The minimum atomic E-state index is 0.0258. The van der Waals surface area contributed by atoms with E-state index < -0.39 is 0 Å². The molecule has 5 heterocycles. The van der Waals surface area contributed by atoms with Crippen molar-refractivity contribution in [3.05, 3.63) is 36.3 Å². The first-order chi connectivity index (χ1) is 14.7. The first-order valence-corrected chi connectivity index (χ1v) is 11.4. The molecule has 2 amide bonds. The van der Waals surface area contributed by atoms with Crippen molar-refractivity contribution in [2.75, 3.05) is 39.3 Å². The van der Waals surface area contributed by atoms with Gasteiger partial charge in [0.1, 0.15) is 11.3 Å². The van der Waals surface area contributed by atoms with Gasteiger partial charge in [0.25, 0.3) is 5.91 Å². The van der Waals surface area contributed by atoms with Crippen LogP contribution in [-0.4, -0.2) is 81.2 Å². The van der Waals surface area contributed by atoms with Crippen LogP contribution in [0.1, 0.15) is 49.0 Å². The highest BCUT2D eigenvalue weighted by molar-refractivity contribution is 5.93. The SMILES string of the molecule is O=C(c1cn2ccccc2n1)N1CCC(N2CCC[C@H](C(=O)N3CCCC3)C2)CC1. The second-order valence-corrected chi connectivity index (χ2v) is 8.98. The summed E-state index contributed by atoms with van der Waals surface area (Å²) in [6.45, 7) is 5.38. The van der Waals surface area contributed by atoms with Crippen LogP contribution in [0.15, 0.2) is 30.6 Å². The molecule has 30 heavy (non-hydrogen) atoms. The molecule has 0 saturated carbocycles. The molecule has 160 valence electrons. The van der Waals surface area contributed by atoms with E-state index in [-0.39, 0.29) is 11.8 Å². The standard InChI is InChI=1S/C23H31N5O2/c29-22(25-10-3-4-11-25)18-6-5-13-27(16-18)19-8-14-26(15-9-19)23(30)20-17-28-12-2-1-7-21(28)24-20/h1-2,7,12,17-19H,3-6,8-11,13-16H2/t18-/m0/s1. The van der Waals surface area contributed by atoms with E-state index in [0.29, 0.717) is 17.6 Å². The molecule has 2 aromatic rings. The van der Waals surface area contributed by atoms with Gasteiger partial charge in [-0.05, 0) is 57.2 Å². The number of nitrogens with zero attached hydrogens (tertiary/aromatic N) is 5. The average molecular weight is 410 g/mol. The van der Waals surface area contributed by atoms with Crippen molar-refractivity contribution in [2.24, 2.45) is 5.92 Å². The maximum Gasteiger partial charge on any atom is 0.274 e. The number of fused-ring (bicyclic) bond motifs is 1. The fourth-order valence-electron chi connectivity index (χ4n) is 5.37. The quantitative estimate of drug-likeness (QED) is 0.780. The van der Waals surface area contributed by atoms with Gasteiger partial charge < -0.3 is 14.2 Å². The molecular weight excluding hydrogens is 378 g/mol. The Morgan fingerprint density at radius 3 is 2.47 bits per heavy atom. The van der Waals surface area contributed by atoms with Gasteiger partial charge in [0, 0.05) is 51.2 Å². The molecule has 0 spiro atoms. The Morgan fingerprint density at radius 2 is 1.70 bits per heavy atom. The van der Waals surface area contributed by atoms with Gasteiger partial charge in [-0.15, -0.1) is 0 Å². The molecule has 0 unspecified atom stereocenters. The summed E-state index contributed by atoms with van der Waals surface area (Å²) in [5.41, 5.74) is 1.33. The van der Waals surface area contributed by atoms with Gasteiger partial charge in [-0.3, -0.25) is 14.5 Å². The Morgan fingerprint density at radius 1 is 0.900 bits per heavy atom. The molecule has 3 aliphatic heterocycles. The van der Waals surface area contributed by atoms with E-state index in [4.69, 9.17) is 0 Å². The lowest BCUT2D eigenvalue weighted by molar-refractivity contribution is -0.136. The van der Waals surface area contributed by atoms with Gasteiger partial charge in [-0.25, -0.2) is 4.98 Å². The average Bonchev–Trinajstić information content (AvgIpc) is 3.48. The van der Waals surface area contributed by atoms with E-state index in [1.54, 1.807) is 0 Å². The van der Waals surface area contributed by atoms with Gasteiger partial charge in [0.15, 0.2) is 0 Å². The molecule has 2 aromatic heterocycles. The van der Waals surface area contributed by atoms with E-state index in [1.165, 1.54) is 0 Å². The zero-order valence-corrected chi connectivity index (χ0v) is 17.6. The van der Waals surface area contributed by atoms with E-state index >= 15 is 0 Å². The third-order valence-electron chi connectivity index (χ3n) is 7.07. The Hall–Kier alpha value is -2.41. The van der Waals surface area contributed by atoms with E-state index in [1.807, 2.05) is 39.9 Å². The molecule has 7 heteroatoms. The van der Waals surface area contributed by atoms with Crippen molar-refractivity contribution in [1.29, 1.82) is 0 Å². The highest BCUT2D eigenvalue weighted by atomic mass is 16.2. The van der Waals surface area contributed by atoms with Gasteiger partial charge >= 0.3 is 0 Å². The summed E-state index contributed by atoms with van der Waals surface area (Å²) in [5, 5.41) is 0. The Labute approximate surface area is 177 Å². The van der Waals surface area contributed by atoms with Crippen molar-refractivity contribution < 1.29 is 9.59 Å². The van der Waals surface area contributed by atoms with Crippen LogP contribution in [0.4, 0.5) is 0 Å². The summed E-state index contributed by atoms with van der Waals surface area (Å²) < 4.78 is 1.89. The first-order valence-electron chi connectivity index (χ1n) is 11.4. The molecule has 0 aromatic carbocycles. The van der Waals surface area contributed by atoms with Gasteiger partial charge in [0.05, 0.1) is 5.92 Å². The predicted molar refractivity (Wildman–Crippen MR) is 114 cm³/mol. The van der Waals surface area contributed by atoms with Crippen LogP contribution < -0.4 is 0 Å². The molecule has 3 fully saturated rings. The lowest BCUT2D eigenvalue weighted by atomic mass is 9.93. The second-order valence-electron chi connectivity index (χ2n) is 8.98. The number of likely N-dealkylation sites (tertiary alicyclic amines) is 3. The number of hydrogen-bond acceptors (Lipinski definition) is 4. The Kier molecular flexibility index (Phi) is 5.46. The fraction of sp³-hybridized carbons (Fsp3) is 0.609. The second kappa shape index (κ2) is 8.38. The third-order valence-corrected chi connectivity index (χ3v) is 7.07. The number of imidazole rings is 1. The lowest BCUT2D eigenvalue weighted by Crippen LogP contribution is -2.51. The lowest BCUT2D eigenvalue weighted by Gasteiger charge is -2.42. The van der Waals surface area contributed by atoms with Crippen LogP contribution >= 0.6 is 0 Å². The van der Waals surface area contributed by atoms with Crippen LogP contribution in [0.3, 0.4) is 0 Å². The van der Waals surface area contributed by atoms with Crippen molar-refractivity contribution in [3.8, 4) is 0 Å². The molecule has 7 nitrogen and oxygen atoms in total. The van der Waals surface area contributed by atoms with Crippen molar-refractivity contribution in [3.63, 3.8) is 0 Å². The minimum absolute atomic E-state index is 0.0258. The zero-order valence-electron chi connectivity index (χ0n) is 17.6. The van der Waals surface area contributed by atoms with E-state index in [2.05, 4.69) is 14.8 Å². The summed E-state index contributed by atoms with van der Waals surface area (Å²) in [7, 11) is 0. The predicted octanol–water partition coefficient (Wildman–Crippen LogP) is 2.27. The normalized spacial score (nSPS) is 23.9. The molecule has 3 aliphatic rings. The Balaban J connectivity index is 1.17. The monoisotopic (exact) mass is 409 g/mol. The molecule has 0 aliphatic carbocycles. The summed E-state index contributed by atoms with van der Waals surface area (Å²) in [4.78, 5) is 36.8. The number of pyridine rings is 1. The number of piperidine rings is 2. The number of hydrogen-bond donors (Lipinski definition) is 0. The highest BCUT2D eigenvalue weighted by Crippen LogP contribution is 2.26. The highest BCUT2D eigenvalue weighted by Gasteiger charge is 2.35. The molecular formula is C23H31N5O2. The molecule has 0 N–H and O–H groups in total. The Bertz CT molecular complexity index is 878. The third kappa shape index (κ3) is 3.83. The summed E-state index contributed by atoms with van der Waals surface area (Å²) in [6, 6.07) is 6.26. The van der Waals surface area contributed by atoms with Crippen LogP contribution in [0.2, 0.25) is 0 Å². The maximum absolute atomic E-state index is 12.9. The van der Waals surface area contributed by atoms with Gasteiger partial charge in [-0.2, -0.15) is 0 Å². The van der Waals surface area contributed by atoms with Gasteiger partial charge in [0.2, 0.25) is 5.91 Å². The summed E-state index contributed by atoms with van der Waals surface area (Å²) >= 11 is 0. The molecule has 3 saturated heterocycles. The molecule has 0 bridgehead atoms. The number of carbonyl (C=O) groups excluding carboxylic acids is 2. The van der Waals surface area contributed by atoms with Crippen LogP contribution in [-0.2, 0) is 4.79 Å². The maximum atomic E-state index is 12.9. The number of aromatic nitrogens is 2.